The molecule has 0 radical (unpaired) electrons. The summed E-state index contributed by atoms with van der Waals surface area (Å²) in [6.07, 6.45) is 2.97. The average molecular weight is 276 g/mol. The zero-order valence-corrected chi connectivity index (χ0v) is 10.9. The molecule has 0 aliphatic carbocycles. The summed E-state index contributed by atoms with van der Waals surface area (Å²) in [6, 6.07) is 3.23. The Morgan fingerprint density at radius 1 is 1.50 bits per heavy atom. The molecular weight excluding hydrogens is 264 g/mol. The van der Waals surface area contributed by atoms with E-state index in [-0.39, 0.29) is 12.4 Å². The van der Waals surface area contributed by atoms with Crippen LogP contribution in [0.1, 0.15) is 21.6 Å². The van der Waals surface area contributed by atoms with Crippen LogP contribution in [0.5, 0.6) is 0 Å². The number of hydrogen-bond acceptors (Lipinski definition) is 6. The molecule has 0 atom stereocenters. The molecule has 0 unspecified atom stereocenters. The number of methoxy groups -OCH3 is 1. The van der Waals surface area contributed by atoms with Crippen LogP contribution in [0.4, 0.5) is 5.82 Å². The third kappa shape index (κ3) is 2.79. The van der Waals surface area contributed by atoms with E-state index in [2.05, 4.69) is 14.8 Å². The molecule has 0 bridgehead atoms. The van der Waals surface area contributed by atoms with Gasteiger partial charge in [0.15, 0.2) is 0 Å². The molecule has 0 spiro atoms. The number of carbonyl (C=O) groups is 1. The van der Waals surface area contributed by atoms with Crippen LogP contribution in [0.3, 0.4) is 0 Å². The number of carbonyl (C=O) groups excluding carboxylic acids is 1. The lowest BCUT2D eigenvalue weighted by Crippen LogP contribution is -2.06. The average Bonchev–Trinajstić information content (AvgIpc) is 2.79. The molecule has 0 saturated heterocycles. The Morgan fingerprint density at radius 2 is 2.25 bits per heavy atom. The van der Waals surface area contributed by atoms with Gasteiger partial charge >= 0.3 is 11.8 Å². The third-order valence-electron chi connectivity index (χ3n) is 2.66. The summed E-state index contributed by atoms with van der Waals surface area (Å²) in [5, 5.41) is 14.6. The molecule has 0 amide bonds. The molecule has 0 N–H and O–H groups in total. The van der Waals surface area contributed by atoms with E-state index in [1.54, 1.807) is 25.3 Å². The maximum atomic E-state index is 11.3. The van der Waals surface area contributed by atoms with Gasteiger partial charge in [0.2, 0.25) is 0 Å². The van der Waals surface area contributed by atoms with Crippen molar-refractivity contribution >= 4 is 11.8 Å². The monoisotopic (exact) mass is 276 g/mol. The Balaban J connectivity index is 2.16. The number of rotatable bonds is 4. The zero-order chi connectivity index (χ0) is 14.7. The first-order valence-corrected chi connectivity index (χ1v) is 5.73. The Hall–Kier alpha value is -2.77. The molecule has 2 heterocycles. The second-order valence-corrected chi connectivity index (χ2v) is 4.12. The van der Waals surface area contributed by atoms with E-state index < -0.39 is 10.9 Å². The number of aryl methyl sites for hydroxylation is 1. The summed E-state index contributed by atoms with van der Waals surface area (Å²) < 4.78 is 6.01. The molecule has 20 heavy (non-hydrogen) atoms. The summed E-state index contributed by atoms with van der Waals surface area (Å²) in [4.78, 5) is 25.5. The van der Waals surface area contributed by atoms with Gasteiger partial charge in [-0.3, -0.25) is 4.98 Å². The minimum Gasteiger partial charge on any atom is -0.465 e. The standard InChI is InChI=1S/C12H12N4O4/c1-8-6-15(14-11(8)16(18)19)7-10-4-3-9(5-13-10)12(17)20-2/h3-6H,7H2,1-2H3. The second kappa shape index (κ2) is 5.47. The number of nitrogens with zero attached hydrogens (tertiary/aromatic N) is 4. The van der Waals surface area contributed by atoms with Gasteiger partial charge in [0.1, 0.15) is 6.54 Å². The number of aromatic nitrogens is 3. The van der Waals surface area contributed by atoms with Crippen LogP contribution in [-0.4, -0.2) is 32.8 Å². The molecule has 0 aliphatic rings. The van der Waals surface area contributed by atoms with Gasteiger partial charge in [0.05, 0.1) is 35.2 Å². The fourth-order valence-corrected chi connectivity index (χ4v) is 1.69. The predicted molar refractivity (Wildman–Crippen MR) is 68.3 cm³/mol. The lowest BCUT2D eigenvalue weighted by Gasteiger charge is -2.00. The van der Waals surface area contributed by atoms with Crippen LogP contribution in [0, 0.1) is 17.0 Å². The summed E-state index contributed by atoms with van der Waals surface area (Å²) in [5.41, 5.74) is 1.47. The van der Waals surface area contributed by atoms with Crippen molar-refractivity contribution in [2.75, 3.05) is 7.11 Å². The first-order valence-electron chi connectivity index (χ1n) is 5.73. The normalized spacial score (nSPS) is 10.3. The highest BCUT2D eigenvalue weighted by atomic mass is 16.6. The molecule has 8 nitrogen and oxygen atoms in total. The summed E-state index contributed by atoms with van der Waals surface area (Å²) in [5.74, 6) is -0.634. The molecule has 0 fully saturated rings. The smallest absolute Gasteiger partial charge is 0.392 e. The van der Waals surface area contributed by atoms with E-state index in [0.717, 1.165) is 0 Å². The Bertz CT molecular complexity index is 648. The van der Waals surface area contributed by atoms with Gasteiger partial charge in [0, 0.05) is 6.20 Å². The van der Waals surface area contributed by atoms with Crippen molar-refractivity contribution in [2.24, 2.45) is 0 Å². The first-order chi connectivity index (χ1) is 9.51. The van der Waals surface area contributed by atoms with Gasteiger partial charge < -0.3 is 14.9 Å². The Kier molecular flexibility index (Phi) is 3.74. The molecule has 0 saturated carbocycles. The number of nitro groups is 1. The molecule has 0 aromatic carbocycles. The van der Waals surface area contributed by atoms with Gasteiger partial charge in [-0.1, -0.05) is 0 Å². The lowest BCUT2D eigenvalue weighted by atomic mass is 10.2. The van der Waals surface area contributed by atoms with Gasteiger partial charge in [-0.05, 0) is 24.0 Å². The quantitative estimate of drug-likeness (QED) is 0.474. The summed E-state index contributed by atoms with van der Waals surface area (Å²) >= 11 is 0. The van der Waals surface area contributed by atoms with Crippen molar-refractivity contribution in [1.29, 1.82) is 0 Å². The predicted octanol–water partition coefficient (Wildman–Crippen LogP) is 1.33. The van der Waals surface area contributed by atoms with Crippen LogP contribution in [-0.2, 0) is 11.3 Å². The topological polar surface area (TPSA) is 100 Å². The Labute approximate surface area is 114 Å². The number of pyridine rings is 1. The van der Waals surface area contributed by atoms with Crippen molar-refractivity contribution in [3.63, 3.8) is 0 Å². The molecule has 0 aliphatic heterocycles. The molecule has 104 valence electrons. The highest BCUT2D eigenvalue weighted by molar-refractivity contribution is 5.88. The largest absolute Gasteiger partial charge is 0.465 e. The highest BCUT2D eigenvalue weighted by Crippen LogP contribution is 2.14. The van der Waals surface area contributed by atoms with E-state index in [1.807, 2.05) is 0 Å². The second-order valence-electron chi connectivity index (χ2n) is 4.12. The molecule has 8 heteroatoms. The van der Waals surface area contributed by atoms with E-state index in [0.29, 0.717) is 16.8 Å². The van der Waals surface area contributed by atoms with Crippen LogP contribution >= 0.6 is 0 Å². The third-order valence-corrected chi connectivity index (χ3v) is 2.66. The van der Waals surface area contributed by atoms with E-state index in [9.17, 15) is 14.9 Å². The molecule has 2 aromatic heterocycles. The molecular formula is C12H12N4O4. The van der Waals surface area contributed by atoms with Gasteiger partial charge in [0.25, 0.3) is 0 Å². The minimum atomic E-state index is -0.528. The van der Waals surface area contributed by atoms with Crippen LogP contribution in [0.2, 0.25) is 0 Å². The number of hydrogen-bond donors (Lipinski definition) is 0. The number of esters is 1. The van der Waals surface area contributed by atoms with Crippen molar-refractivity contribution in [3.8, 4) is 0 Å². The van der Waals surface area contributed by atoms with Crippen molar-refractivity contribution in [1.82, 2.24) is 14.8 Å². The van der Waals surface area contributed by atoms with Crippen LogP contribution < -0.4 is 0 Å². The van der Waals surface area contributed by atoms with E-state index in [4.69, 9.17) is 0 Å². The maximum Gasteiger partial charge on any atom is 0.392 e. The Morgan fingerprint density at radius 3 is 2.75 bits per heavy atom. The van der Waals surface area contributed by atoms with Gasteiger partial charge in [-0.25, -0.2) is 4.79 Å². The van der Waals surface area contributed by atoms with Gasteiger partial charge in [-0.15, -0.1) is 0 Å². The highest BCUT2D eigenvalue weighted by Gasteiger charge is 2.17. The lowest BCUT2D eigenvalue weighted by molar-refractivity contribution is -0.390. The zero-order valence-electron chi connectivity index (χ0n) is 10.9. The van der Waals surface area contributed by atoms with E-state index >= 15 is 0 Å². The minimum absolute atomic E-state index is 0.170. The van der Waals surface area contributed by atoms with Gasteiger partial charge in [-0.2, -0.15) is 4.68 Å². The molecule has 2 aromatic rings. The van der Waals surface area contributed by atoms with E-state index in [1.165, 1.54) is 18.0 Å². The fraction of sp³-hybridized carbons (Fsp3) is 0.250. The maximum absolute atomic E-state index is 11.3. The SMILES string of the molecule is COC(=O)c1ccc(Cn2cc(C)c([N+](=O)[O-])n2)nc1. The number of ether oxygens (including phenoxy) is 1. The fourth-order valence-electron chi connectivity index (χ4n) is 1.69. The van der Waals surface area contributed by atoms with Crippen molar-refractivity contribution in [3.05, 3.63) is 51.5 Å². The van der Waals surface area contributed by atoms with Crippen LogP contribution in [0.15, 0.2) is 24.5 Å². The van der Waals surface area contributed by atoms with Crippen molar-refractivity contribution < 1.29 is 14.5 Å². The summed E-state index contributed by atoms with van der Waals surface area (Å²) in [6.45, 7) is 1.91. The van der Waals surface area contributed by atoms with Crippen LogP contribution in [0.25, 0.3) is 0 Å². The van der Waals surface area contributed by atoms with Crippen molar-refractivity contribution in [2.45, 2.75) is 13.5 Å². The summed E-state index contributed by atoms with van der Waals surface area (Å²) in [7, 11) is 1.29. The molecule has 2 rings (SSSR count). The first kappa shape index (κ1) is 13.7.